The quantitative estimate of drug-likeness (QED) is 0.814. The Hall–Kier alpha value is -2.30. The number of para-hydroxylation sites is 1. The molecule has 100 valence electrons. The number of esters is 2. The SMILES string of the molecule is CCOC(=O)C(Nc1ccccc1)C1C=CC(=O)O1. The van der Waals surface area contributed by atoms with Crippen LogP contribution in [0.1, 0.15) is 6.92 Å². The Labute approximate surface area is 111 Å². The number of cyclic esters (lactones) is 1. The van der Waals surface area contributed by atoms with Crippen molar-refractivity contribution in [3.8, 4) is 0 Å². The van der Waals surface area contributed by atoms with E-state index >= 15 is 0 Å². The van der Waals surface area contributed by atoms with Crippen molar-refractivity contribution in [2.24, 2.45) is 0 Å². The molecular formula is C14H15NO4. The Kier molecular flexibility index (Phi) is 4.18. The van der Waals surface area contributed by atoms with Gasteiger partial charge in [0.25, 0.3) is 0 Å². The Bertz CT molecular complexity index is 483. The van der Waals surface area contributed by atoms with E-state index in [1.807, 2.05) is 30.3 Å². The molecule has 2 rings (SSSR count). The molecule has 1 aromatic carbocycles. The third-order valence-corrected chi connectivity index (χ3v) is 2.64. The van der Waals surface area contributed by atoms with Crippen molar-refractivity contribution >= 4 is 17.6 Å². The van der Waals surface area contributed by atoms with E-state index in [4.69, 9.17) is 9.47 Å². The van der Waals surface area contributed by atoms with E-state index in [0.717, 1.165) is 5.69 Å². The fraction of sp³-hybridized carbons (Fsp3) is 0.286. The first kappa shape index (κ1) is 13.1. The summed E-state index contributed by atoms with van der Waals surface area (Å²) < 4.78 is 10.0. The highest BCUT2D eigenvalue weighted by Crippen LogP contribution is 2.16. The minimum atomic E-state index is -0.745. The largest absolute Gasteiger partial charge is 0.464 e. The molecule has 0 amide bonds. The number of hydrogen-bond donors (Lipinski definition) is 1. The van der Waals surface area contributed by atoms with Crippen LogP contribution in [-0.4, -0.2) is 30.7 Å². The van der Waals surface area contributed by atoms with Crippen LogP contribution in [-0.2, 0) is 19.1 Å². The molecule has 0 saturated carbocycles. The summed E-state index contributed by atoms with van der Waals surface area (Å²) in [6.45, 7) is 2.00. The molecule has 1 aliphatic heterocycles. The Morgan fingerprint density at radius 3 is 2.74 bits per heavy atom. The molecule has 1 aliphatic rings. The van der Waals surface area contributed by atoms with E-state index in [1.54, 1.807) is 13.0 Å². The van der Waals surface area contributed by atoms with E-state index in [1.165, 1.54) is 6.08 Å². The average molecular weight is 261 g/mol. The maximum Gasteiger partial charge on any atom is 0.332 e. The molecule has 19 heavy (non-hydrogen) atoms. The smallest absolute Gasteiger partial charge is 0.332 e. The zero-order chi connectivity index (χ0) is 13.7. The number of nitrogens with one attached hydrogen (secondary N) is 1. The highest BCUT2D eigenvalue weighted by molar-refractivity contribution is 5.87. The molecule has 0 spiro atoms. The third kappa shape index (κ3) is 3.34. The topological polar surface area (TPSA) is 64.6 Å². The molecule has 0 aliphatic carbocycles. The second kappa shape index (κ2) is 6.04. The van der Waals surface area contributed by atoms with Crippen LogP contribution in [0, 0.1) is 0 Å². The lowest BCUT2D eigenvalue weighted by Crippen LogP contribution is -2.41. The second-order valence-corrected chi connectivity index (χ2v) is 4.00. The Morgan fingerprint density at radius 1 is 1.42 bits per heavy atom. The van der Waals surface area contributed by atoms with Gasteiger partial charge in [0, 0.05) is 11.8 Å². The van der Waals surface area contributed by atoms with Gasteiger partial charge < -0.3 is 14.8 Å². The van der Waals surface area contributed by atoms with Crippen molar-refractivity contribution in [3.05, 3.63) is 42.5 Å². The normalized spacial score (nSPS) is 18.8. The number of anilines is 1. The predicted octanol–water partition coefficient (Wildman–Crippen LogP) is 1.51. The summed E-state index contributed by atoms with van der Waals surface area (Å²) in [6, 6.07) is 8.48. The number of carbonyl (C=O) groups excluding carboxylic acids is 2. The second-order valence-electron chi connectivity index (χ2n) is 4.00. The van der Waals surface area contributed by atoms with Gasteiger partial charge in [-0.3, -0.25) is 0 Å². The summed E-state index contributed by atoms with van der Waals surface area (Å²) in [5, 5.41) is 3.02. The first-order valence-corrected chi connectivity index (χ1v) is 6.07. The number of hydrogen-bond acceptors (Lipinski definition) is 5. The summed E-state index contributed by atoms with van der Waals surface area (Å²) in [5.74, 6) is -0.898. The van der Waals surface area contributed by atoms with Gasteiger partial charge in [-0.05, 0) is 25.1 Å². The lowest BCUT2D eigenvalue weighted by atomic mass is 10.1. The van der Waals surface area contributed by atoms with Gasteiger partial charge in [0.2, 0.25) is 0 Å². The van der Waals surface area contributed by atoms with Crippen LogP contribution in [0.15, 0.2) is 42.5 Å². The molecule has 0 aromatic heterocycles. The third-order valence-electron chi connectivity index (χ3n) is 2.64. The molecule has 2 unspecified atom stereocenters. The van der Waals surface area contributed by atoms with Crippen molar-refractivity contribution < 1.29 is 19.1 Å². The summed E-state index contributed by atoms with van der Waals surface area (Å²) in [5.41, 5.74) is 0.761. The van der Waals surface area contributed by atoms with Crippen LogP contribution in [0.2, 0.25) is 0 Å². The molecule has 0 saturated heterocycles. The highest BCUT2D eigenvalue weighted by atomic mass is 16.6. The van der Waals surface area contributed by atoms with Crippen LogP contribution in [0.4, 0.5) is 5.69 Å². The van der Waals surface area contributed by atoms with Gasteiger partial charge in [-0.25, -0.2) is 9.59 Å². The van der Waals surface area contributed by atoms with E-state index in [9.17, 15) is 9.59 Å². The predicted molar refractivity (Wildman–Crippen MR) is 69.5 cm³/mol. The van der Waals surface area contributed by atoms with Gasteiger partial charge in [-0.2, -0.15) is 0 Å². The average Bonchev–Trinajstić information content (AvgIpc) is 2.84. The first-order chi connectivity index (χ1) is 9.20. The summed E-state index contributed by atoms with van der Waals surface area (Å²) in [7, 11) is 0. The van der Waals surface area contributed by atoms with Crippen molar-refractivity contribution in [2.75, 3.05) is 11.9 Å². The Morgan fingerprint density at radius 2 is 2.16 bits per heavy atom. The fourth-order valence-electron chi connectivity index (χ4n) is 1.79. The molecule has 1 N–H and O–H groups in total. The van der Waals surface area contributed by atoms with Gasteiger partial charge in [-0.15, -0.1) is 0 Å². The van der Waals surface area contributed by atoms with Crippen LogP contribution in [0.25, 0.3) is 0 Å². The lowest BCUT2D eigenvalue weighted by Gasteiger charge is -2.22. The van der Waals surface area contributed by atoms with E-state index in [2.05, 4.69) is 5.32 Å². The summed E-state index contributed by atoms with van der Waals surface area (Å²) in [6.07, 6.45) is 2.22. The van der Waals surface area contributed by atoms with E-state index < -0.39 is 24.1 Å². The van der Waals surface area contributed by atoms with Crippen LogP contribution >= 0.6 is 0 Å². The van der Waals surface area contributed by atoms with Gasteiger partial charge in [0.15, 0.2) is 12.1 Å². The number of benzene rings is 1. The zero-order valence-corrected chi connectivity index (χ0v) is 10.5. The molecule has 5 heteroatoms. The summed E-state index contributed by atoms with van der Waals surface area (Å²) >= 11 is 0. The van der Waals surface area contributed by atoms with Gasteiger partial charge in [0.05, 0.1) is 6.61 Å². The molecule has 1 heterocycles. The molecule has 5 nitrogen and oxygen atoms in total. The van der Waals surface area contributed by atoms with Crippen LogP contribution < -0.4 is 5.32 Å². The molecule has 0 fully saturated rings. The number of ether oxygens (including phenoxy) is 2. The van der Waals surface area contributed by atoms with E-state index in [-0.39, 0.29) is 6.61 Å². The summed E-state index contributed by atoms with van der Waals surface area (Å²) in [4.78, 5) is 23.0. The van der Waals surface area contributed by atoms with Crippen molar-refractivity contribution in [1.29, 1.82) is 0 Å². The van der Waals surface area contributed by atoms with Crippen molar-refractivity contribution in [3.63, 3.8) is 0 Å². The maximum atomic E-state index is 11.9. The number of carbonyl (C=O) groups is 2. The lowest BCUT2D eigenvalue weighted by molar-refractivity contribution is -0.149. The minimum absolute atomic E-state index is 0.274. The minimum Gasteiger partial charge on any atom is -0.464 e. The fourth-order valence-corrected chi connectivity index (χ4v) is 1.79. The van der Waals surface area contributed by atoms with Gasteiger partial charge in [-0.1, -0.05) is 18.2 Å². The monoisotopic (exact) mass is 261 g/mol. The molecule has 1 aromatic rings. The van der Waals surface area contributed by atoms with Crippen molar-refractivity contribution in [2.45, 2.75) is 19.1 Å². The van der Waals surface area contributed by atoms with Crippen LogP contribution in [0.5, 0.6) is 0 Å². The van der Waals surface area contributed by atoms with E-state index in [0.29, 0.717) is 0 Å². The molecule has 0 bridgehead atoms. The van der Waals surface area contributed by atoms with Crippen LogP contribution in [0.3, 0.4) is 0 Å². The first-order valence-electron chi connectivity index (χ1n) is 6.07. The molecule has 0 radical (unpaired) electrons. The zero-order valence-electron chi connectivity index (χ0n) is 10.5. The Balaban J connectivity index is 2.12. The van der Waals surface area contributed by atoms with Gasteiger partial charge >= 0.3 is 11.9 Å². The molecular weight excluding hydrogens is 246 g/mol. The maximum absolute atomic E-state index is 11.9. The standard InChI is InChI=1S/C14H15NO4/c1-2-18-14(17)13(11-8-9-12(16)19-11)15-10-6-4-3-5-7-10/h3-9,11,13,15H,2H2,1H3. The number of rotatable bonds is 5. The van der Waals surface area contributed by atoms with Gasteiger partial charge in [0.1, 0.15) is 0 Å². The molecule has 2 atom stereocenters. The van der Waals surface area contributed by atoms with Crippen molar-refractivity contribution in [1.82, 2.24) is 0 Å². The highest BCUT2D eigenvalue weighted by Gasteiger charge is 2.33.